The Morgan fingerprint density at radius 2 is 2.19 bits per heavy atom. The minimum absolute atomic E-state index is 0.511. The first kappa shape index (κ1) is 11.0. The number of carbonyl (C=O) groups is 1. The van der Waals surface area contributed by atoms with E-state index >= 15 is 0 Å². The third-order valence-electron chi connectivity index (χ3n) is 3.44. The van der Waals surface area contributed by atoms with Gasteiger partial charge in [-0.3, -0.25) is 4.79 Å². The van der Waals surface area contributed by atoms with Gasteiger partial charge in [-0.05, 0) is 31.0 Å². The molecule has 0 aliphatic carbocycles. The largest absolute Gasteiger partial charge is 0.481 e. The Bertz CT molecular complexity index is 438. The molecule has 0 spiro atoms. The van der Waals surface area contributed by atoms with Crippen LogP contribution in [0.4, 0.5) is 5.69 Å². The minimum Gasteiger partial charge on any atom is -0.481 e. The molecule has 3 nitrogen and oxygen atoms in total. The Kier molecular flexibility index (Phi) is 2.41. The van der Waals surface area contributed by atoms with E-state index in [9.17, 15) is 9.90 Å². The van der Waals surface area contributed by atoms with E-state index in [-0.39, 0.29) is 0 Å². The number of aliphatic carboxylic acids is 1. The molecule has 86 valence electrons. The molecule has 0 bridgehead atoms. The third kappa shape index (κ3) is 1.56. The van der Waals surface area contributed by atoms with Gasteiger partial charge in [-0.25, -0.2) is 0 Å². The van der Waals surface area contributed by atoms with Crippen molar-refractivity contribution in [3.63, 3.8) is 0 Å². The molecule has 0 aromatic heterocycles. The fourth-order valence-corrected chi connectivity index (χ4v) is 2.02. The smallest absolute Gasteiger partial charge is 0.313 e. The lowest BCUT2D eigenvalue weighted by Gasteiger charge is -2.20. The quantitative estimate of drug-likeness (QED) is 0.803. The highest BCUT2D eigenvalue weighted by atomic mass is 16.4. The molecule has 0 amide bonds. The van der Waals surface area contributed by atoms with Crippen LogP contribution in [0, 0.1) is 0 Å². The van der Waals surface area contributed by atoms with Crippen LogP contribution in [0.5, 0.6) is 0 Å². The average Bonchev–Trinajstić information content (AvgIpc) is 2.60. The second kappa shape index (κ2) is 3.51. The third-order valence-corrected chi connectivity index (χ3v) is 3.44. The number of carboxylic acids is 1. The molecule has 0 saturated heterocycles. The summed E-state index contributed by atoms with van der Waals surface area (Å²) in [7, 11) is 0. The normalized spacial score (nSPS) is 19.1. The number of rotatable bonds is 2. The number of hydrogen-bond donors (Lipinski definition) is 2. The zero-order valence-electron chi connectivity index (χ0n) is 9.87. The molecule has 1 aliphatic heterocycles. The van der Waals surface area contributed by atoms with Crippen LogP contribution >= 0.6 is 0 Å². The van der Waals surface area contributed by atoms with Gasteiger partial charge in [0.05, 0.1) is 5.41 Å². The second-order valence-electron chi connectivity index (χ2n) is 5.01. The van der Waals surface area contributed by atoms with Gasteiger partial charge in [0.15, 0.2) is 0 Å². The van der Waals surface area contributed by atoms with Crippen molar-refractivity contribution in [2.45, 2.75) is 32.1 Å². The van der Waals surface area contributed by atoms with Crippen molar-refractivity contribution in [1.29, 1.82) is 0 Å². The number of hydrogen-bond acceptors (Lipinski definition) is 2. The standard InChI is InChI=1S/C13H17NO2/c1-8-7-14-11-6-9(4-5-10(8)11)13(2,3)12(15)16/h4-6,8,14H,7H2,1-3H3,(H,15,16). The van der Waals surface area contributed by atoms with Crippen LogP contribution in [-0.2, 0) is 10.2 Å². The summed E-state index contributed by atoms with van der Waals surface area (Å²) >= 11 is 0. The van der Waals surface area contributed by atoms with E-state index < -0.39 is 11.4 Å². The molecule has 16 heavy (non-hydrogen) atoms. The summed E-state index contributed by atoms with van der Waals surface area (Å²) in [6.07, 6.45) is 0. The highest BCUT2D eigenvalue weighted by Gasteiger charge is 2.31. The van der Waals surface area contributed by atoms with Gasteiger partial charge >= 0.3 is 5.97 Å². The molecule has 2 rings (SSSR count). The molecule has 0 fully saturated rings. The first-order valence-electron chi connectivity index (χ1n) is 5.54. The highest BCUT2D eigenvalue weighted by molar-refractivity contribution is 5.81. The molecule has 0 radical (unpaired) electrons. The van der Waals surface area contributed by atoms with Crippen LogP contribution in [0.2, 0.25) is 0 Å². The van der Waals surface area contributed by atoms with Crippen molar-refractivity contribution in [2.24, 2.45) is 0 Å². The van der Waals surface area contributed by atoms with Crippen LogP contribution in [-0.4, -0.2) is 17.6 Å². The van der Waals surface area contributed by atoms with Gasteiger partial charge in [-0.1, -0.05) is 19.1 Å². The zero-order valence-corrected chi connectivity index (χ0v) is 9.87. The first-order chi connectivity index (χ1) is 7.43. The summed E-state index contributed by atoms with van der Waals surface area (Å²) in [4.78, 5) is 11.2. The van der Waals surface area contributed by atoms with Gasteiger partial charge in [-0.15, -0.1) is 0 Å². The molecule has 3 heteroatoms. The molecule has 1 atom stereocenters. The van der Waals surface area contributed by atoms with Gasteiger partial charge < -0.3 is 10.4 Å². The van der Waals surface area contributed by atoms with E-state index in [1.165, 1.54) is 5.56 Å². The average molecular weight is 219 g/mol. The lowest BCUT2D eigenvalue weighted by atomic mass is 9.83. The van der Waals surface area contributed by atoms with Crippen LogP contribution in [0.25, 0.3) is 0 Å². The molecule has 2 N–H and O–H groups in total. The van der Waals surface area contributed by atoms with Crippen LogP contribution in [0.1, 0.15) is 37.8 Å². The van der Waals surface area contributed by atoms with Crippen molar-refractivity contribution in [2.75, 3.05) is 11.9 Å². The predicted octanol–water partition coefficient (Wildman–Crippen LogP) is 2.58. The number of benzene rings is 1. The lowest BCUT2D eigenvalue weighted by molar-refractivity contribution is -0.142. The molecule has 1 aromatic carbocycles. The maximum Gasteiger partial charge on any atom is 0.313 e. The predicted molar refractivity (Wildman–Crippen MR) is 64.0 cm³/mol. The number of carboxylic acid groups (broad SMARTS) is 1. The summed E-state index contributed by atoms with van der Waals surface area (Å²) in [5.41, 5.74) is 2.38. The van der Waals surface area contributed by atoms with Gasteiger partial charge in [0.25, 0.3) is 0 Å². The van der Waals surface area contributed by atoms with Crippen LogP contribution < -0.4 is 5.32 Å². The maximum absolute atomic E-state index is 11.2. The second-order valence-corrected chi connectivity index (χ2v) is 5.01. The molecular formula is C13H17NO2. The van der Waals surface area contributed by atoms with Gasteiger partial charge in [0.1, 0.15) is 0 Å². The number of nitrogens with one attached hydrogen (secondary N) is 1. The molecular weight excluding hydrogens is 202 g/mol. The number of anilines is 1. The Balaban J connectivity index is 2.43. The van der Waals surface area contributed by atoms with Crippen LogP contribution in [0.15, 0.2) is 18.2 Å². The van der Waals surface area contributed by atoms with E-state index in [0.717, 1.165) is 17.8 Å². The fraction of sp³-hybridized carbons (Fsp3) is 0.462. The van der Waals surface area contributed by atoms with E-state index in [0.29, 0.717) is 5.92 Å². The van der Waals surface area contributed by atoms with E-state index in [1.807, 2.05) is 18.2 Å². The Hall–Kier alpha value is -1.51. The van der Waals surface area contributed by atoms with Gasteiger partial charge in [0.2, 0.25) is 0 Å². The molecule has 1 unspecified atom stereocenters. The highest BCUT2D eigenvalue weighted by Crippen LogP contribution is 2.35. The first-order valence-corrected chi connectivity index (χ1v) is 5.54. The Labute approximate surface area is 95.5 Å². The monoisotopic (exact) mass is 219 g/mol. The maximum atomic E-state index is 11.2. The molecule has 1 heterocycles. The summed E-state index contributed by atoms with van der Waals surface area (Å²) in [5.74, 6) is -0.282. The number of fused-ring (bicyclic) bond motifs is 1. The van der Waals surface area contributed by atoms with Crippen LogP contribution in [0.3, 0.4) is 0 Å². The Morgan fingerprint density at radius 1 is 1.50 bits per heavy atom. The van der Waals surface area contributed by atoms with Gasteiger partial charge in [0, 0.05) is 18.2 Å². The van der Waals surface area contributed by atoms with Crippen molar-refractivity contribution in [3.05, 3.63) is 29.3 Å². The summed E-state index contributed by atoms with van der Waals surface area (Å²) in [6.45, 7) is 6.57. The zero-order chi connectivity index (χ0) is 11.9. The van der Waals surface area contributed by atoms with Gasteiger partial charge in [-0.2, -0.15) is 0 Å². The lowest BCUT2D eigenvalue weighted by Crippen LogP contribution is -2.28. The molecule has 1 aromatic rings. The SMILES string of the molecule is CC1CNc2cc(C(C)(C)C(=O)O)ccc21. The van der Waals surface area contributed by atoms with E-state index in [2.05, 4.69) is 12.2 Å². The fourth-order valence-electron chi connectivity index (χ4n) is 2.02. The summed E-state index contributed by atoms with van der Waals surface area (Å²) in [6, 6.07) is 5.93. The van der Waals surface area contributed by atoms with Crippen molar-refractivity contribution in [3.8, 4) is 0 Å². The molecule has 1 aliphatic rings. The molecule has 0 saturated carbocycles. The van der Waals surface area contributed by atoms with Crippen molar-refractivity contribution >= 4 is 11.7 Å². The van der Waals surface area contributed by atoms with E-state index in [1.54, 1.807) is 13.8 Å². The Morgan fingerprint density at radius 3 is 2.81 bits per heavy atom. The van der Waals surface area contributed by atoms with Crippen molar-refractivity contribution in [1.82, 2.24) is 0 Å². The minimum atomic E-state index is -0.831. The van der Waals surface area contributed by atoms with Crippen molar-refractivity contribution < 1.29 is 9.90 Å². The topological polar surface area (TPSA) is 49.3 Å². The summed E-state index contributed by atoms with van der Waals surface area (Å²) in [5, 5.41) is 12.5. The summed E-state index contributed by atoms with van der Waals surface area (Å²) < 4.78 is 0. The van der Waals surface area contributed by atoms with E-state index in [4.69, 9.17) is 0 Å².